The first-order valence-electron chi connectivity index (χ1n) is 11.3. The number of amides is 2. The monoisotopic (exact) mass is 569 g/mol. The van der Waals surface area contributed by atoms with E-state index in [2.05, 4.69) is 38.2 Å². The number of carbonyl (C=O) groups excluding carboxylic acids is 2. The molecule has 1 atom stereocenters. The second kappa shape index (κ2) is 10.8. The number of carboxylic acids is 1. The van der Waals surface area contributed by atoms with E-state index in [1.807, 2.05) is 45.2 Å². The quantitative estimate of drug-likeness (QED) is 0.373. The van der Waals surface area contributed by atoms with E-state index < -0.39 is 23.7 Å². The molecule has 4 N–H and O–H groups in total. The van der Waals surface area contributed by atoms with Gasteiger partial charge in [0.2, 0.25) is 5.91 Å². The highest BCUT2D eigenvalue weighted by molar-refractivity contribution is 14.1. The number of H-pyrrole nitrogens is 1. The van der Waals surface area contributed by atoms with E-state index in [1.165, 1.54) is 0 Å². The maximum absolute atomic E-state index is 12.8. The van der Waals surface area contributed by atoms with E-state index in [0.717, 1.165) is 32.9 Å². The van der Waals surface area contributed by atoms with Crippen LogP contribution in [0.25, 0.3) is 10.9 Å². The summed E-state index contributed by atoms with van der Waals surface area (Å²) in [4.78, 5) is 39.7. The topological polar surface area (TPSA) is 121 Å². The molecule has 2 aromatic rings. The fraction of sp³-hybridized carbons (Fsp3) is 0.542. The lowest BCUT2D eigenvalue weighted by Crippen LogP contribution is -2.46. The molecule has 33 heavy (non-hydrogen) atoms. The third-order valence-corrected chi connectivity index (χ3v) is 6.59. The van der Waals surface area contributed by atoms with Crippen molar-refractivity contribution in [2.24, 2.45) is 11.8 Å². The number of hydrogen-bond acceptors (Lipinski definition) is 4. The van der Waals surface area contributed by atoms with Gasteiger partial charge in [-0.3, -0.25) is 4.79 Å². The molecule has 1 aromatic carbocycles. The first kappa shape index (κ1) is 25.3. The number of ether oxygens (including phenoxy) is 1. The average molecular weight is 569 g/mol. The molecule has 0 bridgehead atoms. The molecule has 0 radical (unpaired) electrons. The Hall–Kier alpha value is -2.30. The highest BCUT2D eigenvalue weighted by Crippen LogP contribution is 2.29. The average Bonchev–Trinajstić information content (AvgIpc) is 3.12. The molecule has 0 aliphatic heterocycles. The third-order valence-electron chi connectivity index (χ3n) is 5.92. The van der Waals surface area contributed by atoms with Gasteiger partial charge in [0, 0.05) is 39.6 Å². The predicted octanol–water partition coefficient (Wildman–Crippen LogP) is 4.22. The normalized spacial score (nSPS) is 19.6. The van der Waals surface area contributed by atoms with Gasteiger partial charge in [0.15, 0.2) is 0 Å². The van der Waals surface area contributed by atoms with Crippen LogP contribution >= 0.6 is 22.6 Å². The minimum Gasteiger partial charge on any atom is -0.480 e. The highest BCUT2D eigenvalue weighted by Gasteiger charge is 2.30. The van der Waals surface area contributed by atoms with Crippen LogP contribution in [0.4, 0.5) is 4.79 Å². The summed E-state index contributed by atoms with van der Waals surface area (Å²) in [7, 11) is 0. The van der Waals surface area contributed by atoms with Crippen molar-refractivity contribution in [3.8, 4) is 0 Å². The molecule has 9 heteroatoms. The van der Waals surface area contributed by atoms with Crippen molar-refractivity contribution in [2.45, 2.75) is 64.5 Å². The maximum atomic E-state index is 12.8. The number of alkyl carbamates (subject to hydrolysis) is 1. The summed E-state index contributed by atoms with van der Waals surface area (Å²) in [6.07, 6.45) is 4.54. The summed E-state index contributed by atoms with van der Waals surface area (Å²) >= 11 is 2.22. The number of carbonyl (C=O) groups is 3. The number of nitrogens with one attached hydrogen (secondary N) is 3. The zero-order valence-corrected chi connectivity index (χ0v) is 21.4. The van der Waals surface area contributed by atoms with E-state index >= 15 is 0 Å². The lowest BCUT2D eigenvalue weighted by molar-refractivity contribution is -0.142. The Balaban J connectivity index is 1.50. The van der Waals surface area contributed by atoms with Crippen molar-refractivity contribution < 1.29 is 24.2 Å². The van der Waals surface area contributed by atoms with Gasteiger partial charge in [0.1, 0.15) is 11.6 Å². The highest BCUT2D eigenvalue weighted by atomic mass is 127. The zero-order chi connectivity index (χ0) is 24.2. The summed E-state index contributed by atoms with van der Waals surface area (Å²) < 4.78 is 6.32. The van der Waals surface area contributed by atoms with Gasteiger partial charge < -0.3 is 25.5 Å². The van der Waals surface area contributed by atoms with Crippen LogP contribution in [-0.2, 0) is 20.7 Å². The van der Waals surface area contributed by atoms with Crippen LogP contribution in [0.3, 0.4) is 0 Å². The first-order valence-corrected chi connectivity index (χ1v) is 12.3. The number of aromatic nitrogens is 1. The van der Waals surface area contributed by atoms with Crippen LogP contribution < -0.4 is 10.6 Å². The van der Waals surface area contributed by atoms with Gasteiger partial charge in [0.05, 0.1) is 0 Å². The van der Waals surface area contributed by atoms with Crippen LogP contribution in [0.15, 0.2) is 24.4 Å². The minimum absolute atomic E-state index is 0.213. The van der Waals surface area contributed by atoms with Crippen LogP contribution in [0.5, 0.6) is 0 Å². The Morgan fingerprint density at radius 2 is 1.91 bits per heavy atom. The second-order valence-corrected chi connectivity index (χ2v) is 11.0. The molecule has 1 aromatic heterocycles. The molecule has 1 aliphatic rings. The molecule has 180 valence electrons. The summed E-state index contributed by atoms with van der Waals surface area (Å²) in [6.45, 7) is 5.97. The Labute approximate surface area is 207 Å². The van der Waals surface area contributed by atoms with Gasteiger partial charge in [-0.1, -0.05) is 0 Å². The molecule has 8 nitrogen and oxygen atoms in total. The van der Waals surface area contributed by atoms with Crippen LogP contribution in [0.1, 0.15) is 52.0 Å². The molecular formula is C24H32IN3O5. The van der Waals surface area contributed by atoms with Gasteiger partial charge in [-0.25, -0.2) is 9.59 Å². The van der Waals surface area contributed by atoms with Gasteiger partial charge >= 0.3 is 12.1 Å². The molecule has 0 saturated heterocycles. The number of fused-ring (bicyclic) bond motifs is 1. The molecule has 3 rings (SSSR count). The fourth-order valence-electron chi connectivity index (χ4n) is 4.20. The summed E-state index contributed by atoms with van der Waals surface area (Å²) in [5.41, 5.74) is 1.28. The number of carboxylic acid groups (broad SMARTS) is 1. The van der Waals surface area contributed by atoms with Crippen LogP contribution in [0.2, 0.25) is 0 Å². The van der Waals surface area contributed by atoms with Crippen molar-refractivity contribution in [1.29, 1.82) is 0 Å². The maximum Gasteiger partial charge on any atom is 0.407 e. The number of aliphatic carboxylic acids is 1. The SMILES string of the molecule is CC(C)(C)OC(=O)NCC1CCC(C(=O)N[C@H](Cc2c[nH]c3ccc(I)cc23)C(=O)O)CC1. The van der Waals surface area contributed by atoms with Crippen LogP contribution in [0, 0.1) is 15.4 Å². The third kappa shape index (κ3) is 7.35. The predicted molar refractivity (Wildman–Crippen MR) is 134 cm³/mol. The molecule has 1 fully saturated rings. The van der Waals surface area contributed by atoms with E-state index in [9.17, 15) is 19.5 Å². The lowest BCUT2D eigenvalue weighted by Gasteiger charge is -2.29. The number of benzene rings is 1. The van der Waals surface area contributed by atoms with Crippen molar-refractivity contribution in [3.05, 3.63) is 33.5 Å². The minimum atomic E-state index is -1.04. The van der Waals surface area contributed by atoms with E-state index in [0.29, 0.717) is 19.4 Å². The van der Waals surface area contributed by atoms with Gasteiger partial charge in [-0.2, -0.15) is 0 Å². The molecule has 1 aliphatic carbocycles. The molecular weight excluding hydrogens is 537 g/mol. The molecule has 2 amide bonds. The number of aromatic amines is 1. The van der Waals surface area contributed by atoms with Crippen molar-refractivity contribution in [1.82, 2.24) is 15.6 Å². The lowest BCUT2D eigenvalue weighted by atomic mass is 9.81. The zero-order valence-electron chi connectivity index (χ0n) is 19.2. The fourth-order valence-corrected chi connectivity index (χ4v) is 4.69. The summed E-state index contributed by atoms with van der Waals surface area (Å²) in [5.74, 6) is -1.19. The summed E-state index contributed by atoms with van der Waals surface area (Å²) in [6, 6.07) is 4.97. The van der Waals surface area contributed by atoms with Crippen molar-refractivity contribution in [2.75, 3.05) is 6.54 Å². The Morgan fingerprint density at radius 1 is 1.21 bits per heavy atom. The largest absolute Gasteiger partial charge is 0.480 e. The summed E-state index contributed by atoms with van der Waals surface area (Å²) in [5, 5.41) is 16.2. The van der Waals surface area contributed by atoms with E-state index in [4.69, 9.17) is 4.74 Å². The smallest absolute Gasteiger partial charge is 0.407 e. The Kier molecular flexibility index (Phi) is 8.25. The Morgan fingerprint density at radius 3 is 2.55 bits per heavy atom. The van der Waals surface area contributed by atoms with Gasteiger partial charge in [-0.05, 0) is 98.7 Å². The number of hydrogen-bond donors (Lipinski definition) is 4. The molecule has 0 unspecified atom stereocenters. The van der Waals surface area contributed by atoms with Crippen molar-refractivity contribution in [3.63, 3.8) is 0 Å². The van der Waals surface area contributed by atoms with E-state index in [1.54, 1.807) is 0 Å². The van der Waals surface area contributed by atoms with Crippen molar-refractivity contribution >= 4 is 51.5 Å². The van der Waals surface area contributed by atoms with Crippen LogP contribution in [-0.4, -0.2) is 46.2 Å². The van der Waals surface area contributed by atoms with Gasteiger partial charge in [-0.15, -0.1) is 0 Å². The molecule has 0 spiro atoms. The Bertz CT molecular complexity index is 1010. The molecule has 1 heterocycles. The standard InChI is InChI=1S/C24H32IN3O5/c1-24(2,3)33-23(32)27-12-14-4-6-15(7-5-14)21(29)28-20(22(30)31)10-16-13-26-19-9-8-17(25)11-18(16)19/h8-9,11,13-15,20,26H,4-7,10,12H2,1-3H3,(H,27,32)(H,28,29)(H,30,31)/t14?,15?,20-/m1/s1. The first-order chi connectivity index (χ1) is 15.5. The number of halogens is 1. The number of rotatable bonds is 7. The van der Waals surface area contributed by atoms with Gasteiger partial charge in [0.25, 0.3) is 0 Å². The van der Waals surface area contributed by atoms with E-state index in [-0.39, 0.29) is 24.2 Å². The second-order valence-electron chi connectivity index (χ2n) is 9.71. The molecule has 1 saturated carbocycles.